The van der Waals surface area contributed by atoms with E-state index in [0.29, 0.717) is 5.82 Å². The minimum Gasteiger partial charge on any atom is -0.384 e. The standard InChI is InChI=1S/C12H10BrN3/c1-16-10-6-15-11(14)5-8(10)7-3-2-4-9(13)12(7)16/h2-6H,1H3,(H2,14,15). The molecule has 0 amide bonds. The predicted molar refractivity (Wildman–Crippen MR) is 70.3 cm³/mol. The van der Waals surface area contributed by atoms with Gasteiger partial charge in [-0.1, -0.05) is 12.1 Å². The van der Waals surface area contributed by atoms with E-state index >= 15 is 0 Å². The first-order chi connectivity index (χ1) is 7.68. The van der Waals surface area contributed by atoms with Gasteiger partial charge in [-0.3, -0.25) is 0 Å². The number of aromatic nitrogens is 2. The molecule has 0 aliphatic carbocycles. The number of hydrogen-bond donors (Lipinski definition) is 1. The van der Waals surface area contributed by atoms with E-state index in [1.54, 1.807) is 0 Å². The third-order valence-corrected chi connectivity index (χ3v) is 3.52. The Hall–Kier alpha value is -1.55. The van der Waals surface area contributed by atoms with E-state index in [2.05, 4.69) is 31.5 Å². The van der Waals surface area contributed by atoms with Crippen LogP contribution in [0, 0.1) is 0 Å². The Balaban J connectivity index is 2.65. The lowest BCUT2D eigenvalue weighted by Gasteiger charge is -1.99. The third-order valence-electron chi connectivity index (χ3n) is 2.88. The van der Waals surface area contributed by atoms with Gasteiger partial charge >= 0.3 is 0 Å². The lowest BCUT2D eigenvalue weighted by Crippen LogP contribution is -1.91. The summed E-state index contributed by atoms with van der Waals surface area (Å²) >= 11 is 3.57. The minimum atomic E-state index is 0.556. The van der Waals surface area contributed by atoms with Crippen LogP contribution in [0.25, 0.3) is 21.8 Å². The lowest BCUT2D eigenvalue weighted by molar-refractivity contribution is 1.01. The van der Waals surface area contributed by atoms with E-state index in [0.717, 1.165) is 15.4 Å². The molecule has 3 aromatic rings. The molecule has 0 unspecified atom stereocenters. The van der Waals surface area contributed by atoms with Crippen LogP contribution in [0.2, 0.25) is 0 Å². The number of pyridine rings is 1. The molecule has 0 spiro atoms. The highest BCUT2D eigenvalue weighted by Crippen LogP contribution is 2.32. The van der Waals surface area contributed by atoms with Gasteiger partial charge in [-0.15, -0.1) is 0 Å². The van der Waals surface area contributed by atoms with Crippen molar-refractivity contribution in [2.45, 2.75) is 0 Å². The minimum absolute atomic E-state index is 0.556. The number of hydrogen-bond acceptors (Lipinski definition) is 2. The van der Waals surface area contributed by atoms with Crippen molar-refractivity contribution in [1.29, 1.82) is 0 Å². The fourth-order valence-electron chi connectivity index (χ4n) is 2.14. The number of halogens is 1. The Bertz CT molecular complexity index is 700. The Kier molecular flexibility index (Phi) is 1.94. The highest BCUT2D eigenvalue weighted by atomic mass is 79.9. The van der Waals surface area contributed by atoms with Gasteiger partial charge in [0, 0.05) is 22.3 Å². The second kappa shape index (κ2) is 3.22. The molecule has 0 bridgehead atoms. The molecule has 0 saturated heterocycles. The van der Waals surface area contributed by atoms with Crippen LogP contribution in [-0.4, -0.2) is 9.55 Å². The normalized spacial score (nSPS) is 11.4. The number of nitrogens with zero attached hydrogens (tertiary/aromatic N) is 2. The molecular formula is C12H10BrN3. The molecule has 0 radical (unpaired) electrons. The van der Waals surface area contributed by atoms with Gasteiger partial charge < -0.3 is 10.3 Å². The van der Waals surface area contributed by atoms with Crippen molar-refractivity contribution >= 4 is 43.6 Å². The van der Waals surface area contributed by atoms with Crippen LogP contribution in [-0.2, 0) is 7.05 Å². The number of anilines is 1. The monoisotopic (exact) mass is 275 g/mol. The average Bonchev–Trinajstić information content (AvgIpc) is 2.54. The highest BCUT2D eigenvalue weighted by Gasteiger charge is 2.10. The second-order valence-electron chi connectivity index (χ2n) is 3.82. The van der Waals surface area contributed by atoms with Crippen LogP contribution in [0.4, 0.5) is 5.82 Å². The Labute approximate surface area is 101 Å². The first kappa shape index (κ1) is 9.66. The number of para-hydroxylation sites is 1. The highest BCUT2D eigenvalue weighted by molar-refractivity contribution is 9.10. The molecule has 0 saturated carbocycles. The van der Waals surface area contributed by atoms with Gasteiger partial charge in [-0.25, -0.2) is 4.98 Å². The van der Waals surface area contributed by atoms with Crippen LogP contribution < -0.4 is 5.73 Å². The molecule has 16 heavy (non-hydrogen) atoms. The molecular weight excluding hydrogens is 266 g/mol. The smallest absolute Gasteiger partial charge is 0.124 e. The molecule has 2 N–H and O–H groups in total. The molecule has 0 atom stereocenters. The van der Waals surface area contributed by atoms with Crippen molar-refractivity contribution in [3.05, 3.63) is 34.9 Å². The molecule has 0 aliphatic heterocycles. The van der Waals surface area contributed by atoms with Crippen LogP contribution >= 0.6 is 15.9 Å². The summed E-state index contributed by atoms with van der Waals surface area (Å²) in [6.45, 7) is 0. The Morgan fingerprint density at radius 1 is 1.31 bits per heavy atom. The molecule has 4 heteroatoms. The van der Waals surface area contributed by atoms with Crippen molar-refractivity contribution in [3.8, 4) is 0 Å². The molecule has 3 rings (SSSR count). The molecule has 2 heterocycles. The fraction of sp³-hybridized carbons (Fsp3) is 0.0833. The maximum atomic E-state index is 5.73. The Morgan fingerprint density at radius 3 is 2.94 bits per heavy atom. The number of aryl methyl sites for hydroxylation is 1. The third kappa shape index (κ3) is 1.16. The number of benzene rings is 1. The fourth-order valence-corrected chi connectivity index (χ4v) is 2.77. The number of nitrogen functional groups attached to an aromatic ring is 1. The van der Waals surface area contributed by atoms with Gasteiger partial charge in [0.1, 0.15) is 5.82 Å². The summed E-state index contributed by atoms with van der Waals surface area (Å²) in [6, 6.07) is 8.09. The second-order valence-corrected chi connectivity index (χ2v) is 4.68. The molecule has 0 fully saturated rings. The summed E-state index contributed by atoms with van der Waals surface area (Å²) in [6.07, 6.45) is 1.82. The number of fused-ring (bicyclic) bond motifs is 3. The summed E-state index contributed by atoms with van der Waals surface area (Å²) in [7, 11) is 2.04. The van der Waals surface area contributed by atoms with Gasteiger partial charge in [0.15, 0.2) is 0 Å². The van der Waals surface area contributed by atoms with Crippen molar-refractivity contribution in [3.63, 3.8) is 0 Å². The quantitative estimate of drug-likeness (QED) is 0.685. The SMILES string of the molecule is Cn1c2cnc(N)cc2c2cccc(Br)c21. The maximum absolute atomic E-state index is 5.73. The van der Waals surface area contributed by atoms with Gasteiger partial charge in [0.25, 0.3) is 0 Å². The summed E-state index contributed by atoms with van der Waals surface area (Å²) in [5.74, 6) is 0.556. The molecule has 2 aromatic heterocycles. The van der Waals surface area contributed by atoms with E-state index in [1.165, 1.54) is 10.9 Å². The van der Waals surface area contributed by atoms with Gasteiger partial charge in [-0.2, -0.15) is 0 Å². The Morgan fingerprint density at radius 2 is 2.12 bits per heavy atom. The summed E-state index contributed by atoms with van der Waals surface area (Å²) in [5.41, 5.74) is 7.99. The van der Waals surface area contributed by atoms with E-state index < -0.39 is 0 Å². The summed E-state index contributed by atoms with van der Waals surface area (Å²) in [4.78, 5) is 4.13. The average molecular weight is 276 g/mol. The number of rotatable bonds is 0. The van der Waals surface area contributed by atoms with E-state index in [-0.39, 0.29) is 0 Å². The summed E-state index contributed by atoms with van der Waals surface area (Å²) in [5, 5.41) is 2.34. The van der Waals surface area contributed by atoms with E-state index in [9.17, 15) is 0 Å². The molecule has 3 nitrogen and oxygen atoms in total. The first-order valence-electron chi connectivity index (χ1n) is 4.96. The molecule has 80 valence electrons. The largest absolute Gasteiger partial charge is 0.384 e. The molecule has 1 aromatic carbocycles. The number of nitrogens with two attached hydrogens (primary N) is 1. The van der Waals surface area contributed by atoms with E-state index in [4.69, 9.17) is 5.73 Å². The van der Waals surface area contributed by atoms with E-state index in [1.807, 2.05) is 31.4 Å². The lowest BCUT2D eigenvalue weighted by atomic mass is 10.2. The van der Waals surface area contributed by atoms with Crippen LogP contribution in [0.3, 0.4) is 0 Å². The summed E-state index contributed by atoms with van der Waals surface area (Å²) < 4.78 is 3.21. The first-order valence-corrected chi connectivity index (χ1v) is 5.76. The zero-order chi connectivity index (χ0) is 11.3. The van der Waals surface area contributed by atoms with Crippen molar-refractivity contribution in [2.75, 3.05) is 5.73 Å². The predicted octanol–water partition coefficient (Wildman–Crippen LogP) is 3.07. The zero-order valence-corrected chi connectivity index (χ0v) is 10.3. The van der Waals surface area contributed by atoms with Gasteiger partial charge in [0.2, 0.25) is 0 Å². The van der Waals surface area contributed by atoms with Crippen LogP contribution in [0.5, 0.6) is 0 Å². The molecule has 0 aliphatic rings. The van der Waals surface area contributed by atoms with Gasteiger partial charge in [-0.05, 0) is 28.1 Å². The topological polar surface area (TPSA) is 43.8 Å². The van der Waals surface area contributed by atoms with Crippen LogP contribution in [0.15, 0.2) is 34.9 Å². The van der Waals surface area contributed by atoms with Crippen LogP contribution in [0.1, 0.15) is 0 Å². The maximum Gasteiger partial charge on any atom is 0.124 e. The zero-order valence-electron chi connectivity index (χ0n) is 8.74. The van der Waals surface area contributed by atoms with Crippen molar-refractivity contribution < 1.29 is 0 Å². The van der Waals surface area contributed by atoms with Gasteiger partial charge in [0.05, 0.1) is 17.2 Å². The van der Waals surface area contributed by atoms with Crippen molar-refractivity contribution in [1.82, 2.24) is 9.55 Å². The van der Waals surface area contributed by atoms with Crippen molar-refractivity contribution in [2.24, 2.45) is 7.05 Å².